The van der Waals surface area contributed by atoms with Crippen molar-refractivity contribution in [2.24, 2.45) is 4.99 Å². The second-order valence-electron chi connectivity index (χ2n) is 2.62. The maximum atomic E-state index is 10.8. The number of carbonyl (C=O) groups excluding carboxylic acids is 1. The van der Waals surface area contributed by atoms with E-state index in [4.69, 9.17) is 0 Å². The van der Waals surface area contributed by atoms with Crippen molar-refractivity contribution >= 4 is 11.6 Å². The zero-order chi connectivity index (χ0) is 8.55. The third-order valence-electron chi connectivity index (χ3n) is 1.79. The van der Waals surface area contributed by atoms with Crippen molar-refractivity contribution in [2.75, 3.05) is 0 Å². The lowest BCUT2D eigenvalue weighted by molar-refractivity contribution is -0.113. The summed E-state index contributed by atoms with van der Waals surface area (Å²) in [6.45, 7) is 0. The number of amides is 1. The number of carbonyl (C=O) groups is 1. The molecule has 2 rings (SSSR count). The lowest BCUT2D eigenvalue weighted by Gasteiger charge is -2.12. The van der Waals surface area contributed by atoms with E-state index < -0.39 is 0 Å². The SMILES string of the molecule is O=C1C=CC2=CCC=C(O)C2=N1. The molecule has 0 spiro atoms. The fourth-order valence-electron chi connectivity index (χ4n) is 1.22. The molecular formula is C9H7NO2. The topological polar surface area (TPSA) is 49.7 Å². The van der Waals surface area contributed by atoms with Gasteiger partial charge in [0.2, 0.25) is 0 Å². The first kappa shape index (κ1) is 7.03. The molecule has 1 amide bonds. The van der Waals surface area contributed by atoms with Crippen LogP contribution in [-0.2, 0) is 4.79 Å². The fourth-order valence-corrected chi connectivity index (χ4v) is 1.22. The van der Waals surface area contributed by atoms with Crippen LogP contribution in [0.2, 0.25) is 0 Å². The van der Waals surface area contributed by atoms with E-state index in [-0.39, 0.29) is 11.7 Å². The summed E-state index contributed by atoms with van der Waals surface area (Å²) in [5, 5.41) is 9.33. The summed E-state index contributed by atoms with van der Waals surface area (Å²) >= 11 is 0. The molecule has 0 saturated carbocycles. The van der Waals surface area contributed by atoms with Gasteiger partial charge in [-0.1, -0.05) is 6.08 Å². The Morgan fingerprint density at radius 3 is 3.00 bits per heavy atom. The number of aliphatic imine (C=N–C) groups is 1. The summed E-state index contributed by atoms with van der Waals surface area (Å²) in [7, 11) is 0. The molecule has 1 N–H and O–H groups in total. The number of nitrogens with zero attached hydrogens (tertiary/aromatic N) is 1. The largest absolute Gasteiger partial charge is 0.506 e. The summed E-state index contributed by atoms with van der Waals surface area (Å²) in [5.74, 6) is -0.214. The van der Waals surface area contributed by atoms with Gasteiger partial charge in [-0.3, -0.25) is 4.79 Å². The number of rotatable bonds is 0. The summed E-state index contributed by atoms with van der Waals surface area (Å²) in [4.78, 5) is 14.5. The monoisotopic (exact) mass is 161 g/mol. The zero-order valence-electron chi connectivity index (χ0n) is 6.32. The van der Waals surface area contributed by atoms with Crippen molar-refractivity contribution in [2.45, 2.75) is 6.42 Å². The number of hydrogen-bond acceptors (Lipinski definition) is 2. The predicted molar refractivity (Wildman–Crippen MR) is 45.0 cm³/mol. The van der Waals surface area contributed by atoms with E-state index >= 15 is 0 Å². The average molecular weight is 161 g/mol. The molecule has 3 nitrogen and oxygen atoms in total. The zero-order valence-corrected chi connectivity index (χ0v) is 6.32. The van der Waals surface area contributed by atoms with Crippen LogP contribution in [0.4, 0.5) is 0 Å². The minimum absolute atomic E-state index is 0.102. The van der Waals surface area contributed by atoms with Crippen molar-refractivity contribution in [3.05, 3.63) is 35.6 Å². The highest BCUT2D eigenvalue weighted by Crippen LogP contribution is 2.18. The van der Waals surface area contributed by atoms with E-state index in [1.54, 1.807) is 12.2 Å². The molecule has 0 aromatic carbocycles. The molecule has 0 aromatic heterocycles. The molecule has 1 aliphatic carbocycles. The number of fused-ring (bicyclic) bond motifs is 1. The minimum atomic E-state index is -0.316. The molecule has 0 aromatic rings. The van der Waals surface area contributed by atoms with Gasteiger partial charge in [-0.2, -0.15) is 0 Å². The average Bonchev–Trinajstić information content (AvgIpc) is 2.07. The van der Waals surface area contributed by atoms with E-state index in [2.05, 4.69) is 4.99 Å². The highest BCUT2D eigenvalue weighted by Gasteiger charge is 2.17. The Labute approximate surface area is 69.4 Å². The Morgan fingerprint density at radius 1 is 1.33 bits per heavy atom. The molecule has 1 aliphatic heterocycles. The van der Waals surface area contributed by atoms with Gasteiger partial charge in [-0.25, -0.2) is 4.99 Å². The van der Waals surface area contributed by atoms with Crippen molar-refractivity contribution in [1.29, 1.82) is 0 Å². The van der Waals surface area contributed by atoms with Gasteiger partial charge < -0.3 is 5.11 Å². The third-order valence-corrected chi connectivity index (χ3v) is 1.79. The van der Waals surface area contributed by atoms with E-state index in [1.165, 1.54) is 6.08 Å². The Hall–Kier alpha value is -1.64. The molecule has 60 valence electrons. The lowest BCUT2D eigenvalue weighted by atomic mass is 10.00. The van der Waals surface area contributed by atoms with Crippen LogP contribution in [0.1, 0.15) is 6.42 Å². The van der Waals surface area contributed by atoms with Crippen LogP contribution in [0.25, 0.3) is 0 Å². The van der Waals surface area contributed by atoms with Crippen LogP contribution in [0.5, 0.6) is 0 Å². The second-order valence-corrected chi connectivity index (χ2v) is 2.62. The molecule has 0 atom stereocenters. The summed E-state index contributed by atoms with van der Waals surface area (Å²) in [5.41, 5.74) is 1.23. The maximum Gasteiger partial charge on any atom is 0.270 e. The van der Waals surface area contributed by atoms with Crippen LogP contribution in [-0.4, -0.2) is 16.7 Å². The van der Waals surface area contributed by atoms with Gasteiger partial charge >= 0.3 is 0 Å². The minimum Gasteiger partial charge on any atom is -0.506 e. The molecule has 0 saturated heterocycles. The van der Waals surface area contributed by atoms with Crippen LogP contribution < -0.4 is 0 Å². The van der Waals surface area contributed by atoms with Crippen molar-refractivity contribution in [3.63, 3.8) is 0 Å². The van der Waals surface area contributed by atoms with Crippen LogP contribution in [0.15, 0.2) is 40.6 Å². The van der Waals surface area contributed by atoms with E-state index in [0.717, 1.165) is 5.57 Å². The third kappa shape index (κ3) is 0.993. The molecule has 0 radical (unpaired) electrons. The quantitative estimate of drug-likeness (QED) is 0.582. The molecule has 1 heterocycles. The Kier molecular flexibility index (Phi) is 1.43. The Bertz CT molecular complexity index is 359. The van der Waals surface area contributed by atoms with Crippen LogP contribution >= 0.6 is 0 Å². The van der Waals surface area contributed by atoms with Crippen molar-refractivity contribution < 1.29 is 9.90 Å². The number of dihydropyridines is 1. The summed E-state index contributed by atoms with van der Waals surface area (Å²) in [6.07, 6.45) is 7.32. The molecule has 12 heavy (non-hydrogen) atoms. The van der Waals surface area contributed by atoms with Gasteiger partial charge in [-0.05, 0) is 18.6 Å². The smallest absolute Gasteiger partial charge is 0.270 e. The number of aliphatic hydroxyl groups is 1. The van der Waals surface area contributed by atoms with Crippen LogP contribution in [0.3, 0.4) is 0 Å². The van der Waals surface area contributed by atoms with Crippen LogP contribution in [0, 0.1) is 0 Å². The highest BCUT2D eigenvalue weighted by molar-refractivity contribution is 6.20. The number of hydrogen-bond donors (Lipinski definition) is 1. The standard InChI is InChI=1S/C9H7NO2/c11-7-3-1-2-6-4-5-8(12)10-9(6)7/h2-5,11H,1H2. The molecule has 0 fully saturated rings. The summed E-state index contributed by atoms with van der Waals surface area (Å²) in [6, 6.07) is 0. The lowest BCUT2D eigenvalue weighted by Crippen LogP contribution is -2.14. The van der Waals surface area contributed by atoms with Gasteiger partial charge in [0, 0.05) is 11.6 Å². The molecule has 0 unspecified atom stereocenters. The van der Waals surface area contributed by atoms with Crippen molar-refractivity contribution in [3.8, 4) is 0 Å². The molecular weight excluding hydrogens is 154 g/mol. The predicted octanol–water partition coefficient (Wildman–Crippen LogP) is 1.30. The van der Waals surface area contributed by atoms with Gasteiger partial charge in [-0.15, -0.1) is 0 Å². The number of allylic oxidation sites excluding steroid dienone is 4. The highest BCUT2D eigenvalue weighted by atomic mass is 16.3. The molecule has 2 aliphatic rings. The number of aliphatic hydroxyl groups excluding tert-OH is 1. The Balaban J connectivity index is 2.47. The maximum absolute atomic E-state index is 10.8. The normalized spacial score (nSPS) is 21.0. The second kappa shape index (κ2) is 2.44. The fraction of sp³-hybridized carbons (Fsp3) is 0.111. The Morgan fingerprint density at radius 2 is 2.17 bits per heavy atom. The summed E-state index contributed by atoms with van der Waals surface area (Å²) < 4.78 is 0. The molecule has 0 bridgehead atoms. The van der Waals surface area contributed by atoms with Crippen molar-refractivity contribution in [1.82, 2.24) is 0 Å². The van der Waals surface area contributed by atoms with Gasteiger partial charge in [0.05, 0.1) is 0 Å². The molecule has 3 heteroatoms. The first-order valence-corrected chi connectivity index (χ1v) is 3.68. The first-order valence-electron chi connectivity index (χ1n) is 3.68. The first-order chi connectivity index (χ1) is 5.77. The van der Waals surface area contributed by atoms with E-state index in [9.17, 15) is 9.90 Å². The van der Waals surface area contributed by atoms with Gasteiger partial charge in [0.1, 0.15) is 11.5 Å². The van der Waals surface area contributed by atoms with E-state index in [1.807, 2.05) is 6.08 Å². The van der Waals surface area contributed by atoms with Gasteiger partial charge in [0.25, 0.3) is 5.91 Å². The van der Waals surface area contributed by atoms with Gasteiger partial charge in [0.15, 0.2) is 0 Å². The van der Waals surface area contributed by atoms with E-state index in [0.29, 0.717) is 12.1 Å².